The number of rotatable bonds is 7. The first-order valence-corrected chi connectivity index (χ1v) is 8.64. The van der Waals surface area contributed by atoms with E-state index in [0.29, 0.717) is 31.2 Å². The summed E-state index contributed by atoms with van der Waals surface area (Å²) in [4.78, 5) is 14.6. The van der Waals surface area contributed by atoms with Crippen LogP contribution in [-0.2, 0) is 12.8 Å². The Morgan fingerprint density at radius 3 is 2.54 bits per heavy atom. The molecule has 0 unspecified atom stereocenters. The normalized spacial score (nSPS) is 11.2. The Hall–Kier alpha value is -1.23. The zero-order valence-corrected chi connectivity index (χ0v) is 17.7. The summed E-state index contributed by atoms with van der Waals surface area (Å²) in [7, 11) is 0. The van der Waals surface area contributed by atoms with Crippen LogP contribution in [0.15, 0.2) is 9.52 Å². The van der Waals surface area contributed by atoms with Gasteiger partial charge in [-0.15, -0.1) is 35.3 Å². The molecule has 0 aliphatic rings. The van der Waals surface area contributed by atoms with Gasteiger partial charge in [-0.05, 0) is 27.7 Å². The van der Waals surface area contributed by atoms with E-state index in [2.05, 4.69) is 37.7 Å². The van der Waals surface area contributed by atoms with Crippen LogP contribution in [0.25, 0.3) is 0 Å². The van der Waals surface area contributed by atoms with Gasteiger partial charge in [0, 0.05) is 37.4 Å². The molecule has 2 N–H and O–H groups in total. The van der Waals surface area contributed by atoms with Crippen molar-refractivity contribution in [3.63, 3.8) is 0 Å². The van der Waals surface area contributed by atoms with Crippen LogP contribution in [0.3, 0.4) is 0 Å². The van der Waals surface area contributed by atoms with Crippen molar-refractivity contribution in [1.29, 1.82) is 0 Å². The van der Waals surface area contributed by atoms with E-state index in [9.17, 15) is 0 Å². The SMILES string of the molecule is CCNC(=NCCc1nc(C)c(C)s1)NCCc1nc(C)no1.I. The largest absolute Gasteiger partial charge is 0.357 e. The van der Waals surface area contributed by atoms with Crippen molar-refractivity contribution < 1.29 is 4.52 Å². The van der Waals surface area contributed by atoms with Crippen molar-refractivity contribution in [3.8, 4) is 0 Å². The number of hydrogen-bond acceptors (Lipinski definition) is 6. The lowest BCUT2D eigenvalue weighted by Crippen LogP contribution is -2.38. The van der Waals surface area contributed by atoms with E-state index >= 15 is 0 Å². The summed E-state index contributed by atoms with van der Waals surface area (Å²) in [5, 5.41) is 11.4. The Bertz CT molecular complexity index is 635. The third-order valence-electron chi connectivity index (χ3n) is 3.21. The number of nitrogens with one attached hydrogen (secondary N) is 2. The lowest BCUT2D eigenvalue weighted by Gasteiger charge is -2.09. The van der Waals surface area contributed by atoms with Gasteiger partial charge in [-0.3, -0.25) is 4.99 Å². The molecule has 0 radical (unpaired) electrons. The second-order valence-electron chi connectivity index (χ2n) is 5.17. The summed E-state index contributed by atoms with van der Waals surface area (Å²) < 4.78 is 5.09. The molecule has 0 aromatic carbocycles. The molecule has 0 fully saturated rings. The van der Waals surface area contributed by atoms with Gasteiger partial charge in [0.2, 0.25) is 5.89 Å². The summed E-state index contributed by atoms with van der Waals surface area (Å²) in [5.41, 5.74) is 1.12. The van der Waals surface area contributed by atoms with Gasteiger partial charge in [0.15, 0.2) is 11.8 Å². The molecular weight excluding hydrogens is 439 g/mol. The number of hydrogen-bond donors (Lipinski definition) is 2. The Kier molecular flexibility index (Phi) is 9.19. The van der Waals surface area contributed by atoms with Gasteiger partial charge in [-0.2, -0.15) is 4.98 Å². The zero-order chi connectivity index (χ0) is 16.7. The molecule has 2 aromatic rings. The predicted octanol–water partition coefficient (Wildman–Crippen LogP) is 2.41. The molecule has 0 saturated carbocycles. The number of nitrogens with zero attached hydrogens (tertiary/aromatic N) is 4. The topological polar surface area (TPSA) is 88.2 Å². The van der Waals surface area contributed by atoms with Crippen molar-refractivity contribution >= 4 is 41.3 Å². The first-order valence-electron chi connectivity index (χ1n) is 7.82. The summed E-state index contributed by atoms with van der Waals surface area (Å²) in [5.74, 6) is 2.10. The Labute approximate surface area is 163 Å². The molecule has 2 rings (SSSR count). The minimum atomic E-state index is 0. The maximum absolute atomic E-state index is 5.09. The van der Waals surface area contributed by atoms with Gasteiger partial charge in [0.25, 0.3) is 0 Å². The lowest BCUT2D eigenvalue weighted by molar-refractivity contribution is 0.374. The predicted molar refractivity (Wildman–Crippen MR) is 107 cm³/mol. The van der Waals surface area contributed by atoms with Gasteiger partial charge >= 0.3 is 0 Å². The maximum atomic E-state index is 5.09. The van der Waals surface area contributed by atoms with Gasteiger partial charge in [0.05, 0.1) is 10.7 Å². The lowest BCUT2D eigenvalue weighted by atomic mass is 10.4. The zero-order valence-electron chi connectivity index (χ0n) is 14.5. The van der Waals surface area contributed by atoms with E-state index in [1.807, 2.05) is 20.8 Å². The second-order valence-corrected chi connectivity index (χ2v) is 6.46. The molecule has 0 aliphatic heterocycles. The van der Waals surface area contributed by atoms with E-state index in [1.54, 1.807) is 11.3 Å². The molecule has 9 heteroatoms. The van der Waals surface area contributed by atoms with Crippen molar-refractivity contribution in [1.82, 2.24) is 25.8 Å². The van der Waals surface area contributed by atoms with Crippen LogP contribution in [0.5, 0.6) is 0 Å². The van der Waals surface area contributed by atoms with Crippen molar-refractivity contribution in [2.45, 2.75) is 40.5 Å². The molecule has 134 valence electrons. The fraction of sp³-hybridized carbons (Fsp3) is 0.600. The minimum Gasteiger partial charge on any atom is -0.357 e. The van der Waals surface area contributed by atoms with E-state index in [-0.39, 0.29) is 24.0 Å². The summed E-state index contributed by atoms with van der Waals surface area (Å²) in [6.07, 6.45) is 1.54. The highest BCUT2D eigenvalue weighted by atomic mass is 127. The summed E-state index contributed by atoms with van der Waals surface area (Å²) in [6, 6.07) is 0. The molecule has 0 atom stereocenters. The highest BCUT2D eigenvalue weighted by Gasteiger charge is 2.05. The highest BCUT2D eigenvalue weighted by molar-refractivity contribution is 14.0. The van der Waals surface area contributed by atoms with Gasteiger partial charge in [-0.1, -0.05) is 5.16 Å². The Balaban J connectivity index is 0.00000288. The average Bonchev–Trinajstić information content (AvgIpc) is 3.05. The van der Waals surface area contributed by atoms with Gasteiger partial charge < -0.3 is 15.2 Å². The van der Waals surface area contributed by atoms with Crippen LogP contribution in [0.2, 0.25) is 0 Å². The molecule has 0 saturated heterocycles. The van der Waals surface area contributed by atoms with Crippen LogP contribution >= 0.6 is 35.3 Å². The van der Waals surface area contributed by atoms with Gasteiger partial charge in [0.1, 0.15) is 0 Å². The third-order valence-corrected chi connectivity index (χ3v) is 4.35. The van der Waals surface area contributed by atoms with Gasteiger partial charge in [-0.25, -0.2) is 4.98 Å². The van der Waals surface area contributed by atoms with Crippen molar-refractivity contribution in [2.75, 3.05) is 19.6 Å². The summed E-state index contributed by atoms with van der Waals surface area (Å²) in [6.45, 7) is 10.2. The molecule has 0 bridgehead atoms. The smallest absolute Gasteiger partial charge is 0.228 e. The Morgan fingerprint density at radius 1 is 1.17 bits per heavy atom. The average molecular weight is 464 g/mol. The third kappa shape index (κ3) is 6.71. The van der Waals surface area contributed by atoms with Crippen molar-refractivity contribution in [3.05, 3.63) is 27.3 Å². The monoisotopic (exact) mass is 464 g/mol. The number of halogens is 1. The number of aliphatic imine (C=N–C) groups is 1. The summed E-state index contributed by atoms with van der Waals surface area (Å²) >= 11 is 1.75. The Morgan fingerprint density at radius 2 is 1.96 bits per heavy atom. The van der Waals surface area contributed by atoms with E-state index < -0.39 is 0 Å². The van der Waals surface area contributed by atoms with Crippen LogP contribution in [0.4, 0.5) is 0 Å². The van der Waals surface area contributed by atoms with Crippen LogP contribution in [-0.4, -0.2) is 40.7 Å². The molecule has 0 amide bonds. The number of guanidine groups is 1. The standard InChI is InChI=1S/C15H24N6OS.HI/c1-5-16-15(17-8-6-13-20-12(4)21-22-13)18-9-7-14-19-10(2)11(3)23-14;/h5-9H2,1-4H3,(H2,16,17,18);1H. The fourth-order valence-corrected chi connectivity index (χ4v) is 2.90. The first kappa shape index (κ1) is 20.8. The van der Waals surface area contributed by atoms with Crippen LogP contribution in [0.1, 0.15) is 34.2 Å². The molecular formula is C15H25IN6OS. The van der Waals surface area contributed by atoms with E-state index in [0.717, 1.165) is 29.6 Å². The minimum absolute atomic E-state index is 0. The fourth-order valence-electron chi connectivity index (χ4n) is 1.98. The second kappa shape index (κ2) is 10.6. The van der Waals surface area contributed by atoms with Crippen LogP contribution in [0, 0.1) is 20.8 Å². The number of aromatic nitrogens is 3. The molecule has 0 aliphatic carbocycles. The quantitative estimate of drug-likeness (QED) is 0.372. The van der Waals surface area contributed by atoms with Crippen molar-refractivity contribution in [2.24, 2.45) is 4.99 Å². The highest BCUT2D eigenvalue weighted by Crippen LogP contribution is 2.16. The number of thiazole rings is 1. The molecule has 0 spiro atoms. The molecule has 2 aromatic heterocycles. The van der Waals surface area contributed by atoms with E-state index in [4.69, 9.17) is 4.52 Å². The van der Waals surface area contributed by atoms with E-state index in [1.165, 1.54) is 4.88 Å². The molecule has 2 heterocycles. The number of aryl methyl sites for hydroxylation is 3. The molecule has 24 heavy (non-hydrogen) atoms. The molecule has 7 nitrogen and oxygen atoms in total. The van der Waals surface area contributed by atoms with Crippen LogP contribution < -0.4 is 10.6 Å². The maximum Gasteiger partial charge on any atom is 0.228 e. The first-order chi connectivity index (χ1) is 11.1.